The Labute approximate surface area is 91.1 Å². The second kappa shape index (κ2) is 5.26. The third-order valence-electron chi connectivity index (χ3n) is 3.09. The molecule has 1 saturated carbocycles. The van der Waals surface area contributed by atoms with Crippen LogP contribution in [0.2, 0.25) is 0 Å². The van der Waals surface area contributed by atoms with Crippen molar-refractivity contribution in [2.75, 3.05) is 7.05 Å². The highest BCUT2D eigenvalue weighted by atomic mass is 15.3. The van der Waals surface area contributed by atoms with Gasteiger partial charge in [0.15, 0.2) is 5.82 Å². The number of nitrogens with one attached hydrogen (secondary N) is 1. The van der Waals surface area contributed by atoms with Crippen LogP contribution in [-0.2, 0) is 13.1 Å². The first-order chi connectivity index (χ1) is 7.38. The SMILES string of the molecule is CNCc1ncn(CC2CCCCC2)n1. The molecule has 1 fully saturated rings. The minimum Gasteiger partial charge on any atom is -0.313 e. The lowest BCUT2D eigenvalue weighted by Crippen LogP contribution is -2.15. The summed E-state index contributed by atoms with van der Waals surface area (Å²) < 4.78 is 2.00. The van der Waals surface area contributed by atoms with E-state index in [2.05, 4.69) is 15.4 Å². The molecular weight excluding hydrogens is 188 g/mol. The average molecular weight is 208 g/mol. The Morgan fingerprint density at radius 2 is 2.20 bits per heavy atom. The molecule has 15 heavy (non-hydrogen) atoms. The highest BCUT2D eigenvalue weighted by molar-refractivity contribution is 4.80. The summed E-state index contributed by atoms with van der Waals surface area (Å²) >= 11 is 0. The minimum atomic E-state index is 0.762. The van der Waals surface area contributed by atoms with Crippen molar-refractivity contribution in [3.63, 3.8) is 0 Å². The van der Waals surface area contributed by atoms with Crippen LogP contribution in [0.15, 0.2) is 6.33 Å². The smallest absolute Gasteiger partial charge is 0.164 e. The van der Waals surface area contributed by atoms with Crippen LogP contribution in [0, 0.1) is 5.92 Å². The van der Waals surface area contributed by atoms with Crippen LogP contribution < -0.4 is 5.32 Å². The molecule has 4 nitrogen and oxygen atoms in total. The van der Waals surface area contributed by atoms with E-state index in [1.807, 2.05) is 18.1 Å². The Bertz CT molecular complexity index is 289. The fourth-order valence-electron chi connectivity index (χ4n) is 2.29. The summed E-state index contributed by atoms with van der Waals surface area (Å²) in [6.45, 7) is 1.81. The first-order valence-electron chi connectivity index (χ1n) is 5.91. The fourth-order valence-corrected chi connectivity index (χ4v) is 2.29. The second-order valence-electron chi connectivity index (χ2n) is 4.42. The van der Waals surface area contributed by atoms with E-state index in [4.69, 9.17) is 0 Å². The van der Waals surface area contributed by atoms with E-state index in [1.165, 1.54) is 32.1 Å². The molecule has 0 unspecified atom stereocenters. The molecule has 4 heteroatoms. The van der Waals surface area contributed by atoms with Crippen molar-refractivity contribution in [1.29, 1.82) is 0 Å². The normalized spacial score (nSPS) is 18.2. The van der Waals surface area contributed by atoms with Gasteiger partial charge in [0.2, 0.25) is 0 Å². The number of hydrogen-bond acceptors (Lipinski definition) is 3. The summed E-state index contributed by atoms with van der Waals surface area (Å²) in [6, 6.07) is 0. The van der Waals surface area contributed by atoms with E-state index in [0.29, 0.717) is 0 Å². The molecule has 0 bridgehead atoms. The topological polar surface area (TPSA) is 42.7 Å². The number of aromatic nitrogens is 3. The predicted octanol–water partition coefficient (Wildman–Crippen LogP) is 1.58. The van der Waals surface area contributed by atoms with E-state index in [1.54, 1.807) is 0 Å². The van der Waals surface area contributed by atoms with E-state index in [9.17, 15) is 0 Å². The molecule has 1 heterocycles. The van der Waals surface area contributed by atoms with E-state index in [0.717, 1.165) is 24.8 Å². The summed E-state index contributed by atoms with van der Waals surface area (Å²) in [6.07, 6.45) is 8.79. The Kier molecular flexibility index (Phi) is 3.72. The van der Waals surface area contributed by atoms with Gasteiger partial charge in [0, 0.05) is 6.54 Å². The van der Waals surface area contributed by atoms with E-state index < -0.39 is 0 Å². The standard InChI is InChI=1S/C11H20N4/c1-12-7-11-13-9-15(14-11)8-10-5-3-2-4-6-10/h9-10,12H,2-8H2,1H3. The van der Waals surface area contributed by atoms with Crippen molar-refractivity contribution in [1.82, 2.24) is 20.1 Å². The zero-order valence-corrected chi connectivity index (χ0v) is 9.45. The molecule has 0 aliphatic heterocycles. The highest BCUT2D eigenvalue weighted by Gasteiger charge is 2.14. The van der Waals surface area contributed by atoms with Gasteiger partial charge in [-0.3, -0.25) is 4.68 Å². The largest absolute Gasteiger partial charge is 0.313 e. The fraction of sp³-hybridized carbons (Fsp3) is 0.818. The molecule has 1 N–H and O–H groups in total. The monoisotopic (exact) mass is 208 g/mol. The van der Waals surface area contributed by atoms with Crippen LogP contribution in [0.4, 0.5) is 0 Å². The molecule has 1 aromatic rings. The highest BCUT2D eigenvalue weighted by Crippen LogP contribution is 2.24. The molecule has 2 rings (SSSR count). The van der Waals surface area contributed by atoms with Crippen LogP contribution in [0.3, 0.4) is 0 Å². The molecule has 0 saturated heterocycles. The quantitative estimate of drug-likeness (QED) is 0.817. The summed E-state index contributed by atoms with van der Waals surface area (Å²) in [4.78, 5) is 4.26. The lowest BCUT2D eigenvalue weighted by molar-refractivity contribution is 0.307. The Morgan fingerprint density at radius 3 is 2.93 bits per heavy atom. The van der Waals surface area contributed by atoms with Crippen LogP contribution >= 0.6 is 0 Å². The molecular formula is C11H20N4. The van der Waals surface area contributed by atoms with Gasteiger partial charge in [-0.05, 0) is 25.8 Å². The van der Waals surface area contributed by atoms with Crippen LogP contribution in [0.1, 0.15) is 37.9 Å². The molecule has 1 aromatic heterocycles. The zero-order chi connectivity index (χ0) is 10.5. The third kappa shape index (κ3) is 3.02. The third-order valence-corrected chi connectivity index (χ3v) is 3.09. The number of nitrogens with zero attached hydrogens (tertiary/aromatic N) is 3. The van der Waals surface area contributed by atoms with Crippen molar-refractivity contribution in [3.8, 4) is 0 Å². The van der Waals surface area contributed by atoms with Crippen molar-refractivity contribution >= 4 is 0 Å². The number of rotatable bonds is 4. The van der Waals surface area contributed by atoms with Crippen molar-refractivity contribution in [2.45, 2.75) is 45.2 Å². The molecule has 0 aromatic carbocycles. The summed E-state index contributed by atoms with van der Waals surface area (Å²) in [5.74, 6) is 1.72. The molecule has 0 amide bonds. The van der Waals surface area contributed by atoms with Gasteiger partial charge in [0.05, 0.1) is 6.54 Å². The van der Waals surface area contributed by atoms with E-state index in [-0.39, 0.29) is 0 Å². The van der Waals surface area contributed by atoms with Crippen molar-refractivity contribution < 1.29 is 0 Å². The van der Waals surface area contributed by atoms with E-state index >= 15 is 0 Å². The van der Waals surface area contributed by atoms with Crippen molar-refractivity contribution in [3.05, 3.63) is 12.2 Å². The lowest BCUT2D eigenvalue weighted by Gasteiger charge is -2.20. The summed E-state index contributed by atoms with van der Waals surface area (Å²) in [5.41, 5.74) is 0. The lowest BCUT2D eigenvalue weighted by atomic mass is 9.89. The van der Waals surface area contributed by atoms with Crippen LogP contribution in [-0.4, -0.2) is 21.8 Å². The zero-order valence-electron chi connectivity index (χ0n) is 9.45. The molecule has 1 aliphatic rings. The Hall–Kier alpha value is -0.900. The maximum atomic E-state index is 4.44. The Morgan fingerprint density at radius 1 is 1.40 bits per heavy atom. The second-order valence-corrected chi connectivity index (χ2v) is 4.42. The molecule has 0 spiro atoms. The minimum absolute atomic E-state index is 0.762. The van der Waals surface area contributed by atoms with Crippen LogP contribution in [0.25, 0.3) is 0 Å². The first kappa shape index (κ1) is 10.6. The Balaban J connectivity index is 1.86. The molecule has 0 atom stereocenters. The molecule has 84 valence electrons. The number of hydrogen-bond donors (Lipinski definition) is 1. The van der Waals surface area contributed by atoms with Gasteiger partial charge in [-0.25, -0.2) is 4.98 Å². The maximum Gasteiger partial charge on any atom is 0.164 e. The van der Waals surface area contributed by atoms with Gasteiger partial charge in [-0.1, -0.05) is 19.3 Å². The molecule has 1 aliphatic carbocycles. The van der Waals surface area contributed by atoms with Gasteiger partial charge in [0.25, 0.3) is 0 Å². The average Bonchev–Trinajstić information content (AvgIpc) is 2.68. The van der Waals surface area contributed by atoms with Gasteiger partial charge in [-0.2, -0.15) is 5.10 Å². The van der Waals surface area contributed by atoms with Gasteiger partial charge < -0.3 is 5.32 Å². The van der Waals surface area contributed by atoms with Gasteiger partial charge >= 0.3 is 0 Å². The summed E-state index contributed by atoms with van der Waals surface area (Å²) in [5, 5.41) is 7.50. The van der Waals surface area contributed by atoms with Gasteiger partial charge in [-0.15, -0.1) is 0 Å². The first-order valence-corrected chi connectivity index (χ1v) is 5.91. The van der Waals surface area contributed by atoms with Crippen LogP contribution in [0.5, 0.6) is 0 Å². The predicted molar refractivity (Wildman–Crippen MR) is 59.4 cm³/mol. The van der Waals surface area contributed by atoms with Crippen molar-refractivity contribution in [2.24, 2.45) is 5.92 Å². The maximum absolute atomic E-state index is 4.44. The summed E-state index contributed by atoms with van der Waals surface area (Å²) in [7, 11) is 1.92. The van der Waals surface area contributed by atoms with Gasteiger partial charge in [0.1, 0.15) is 6.33 Å². The molecule has 0 radical (unpaired) electrons.